The van der Waals surface area contributed by atoms with Crippen molar-refractivity contribution in [3.05, 3.63) is 53.3 Å². The number of halogens is 1. The molecule has 1 N–H and O–H groups in total. The SMILES string of the molecule is COc1cc2cc(CO)cc(-c3ccnc(Cl)c3)c2cc1OC. The van der Waals surface area contributed by atoms with Gasteiger partial charge in [0, 0.05) is 6.20 Å². The number of aliphatic hydroxyl groups excluding tert-OH is 1. The number of rotatable bonds is 4. The lowest BCUT2D eigenvalue weighted by molar-refractivity contribution is 0.282. The molecule has 0 saturated heterocycles. The Morgan fingerprint density at radius 3 is 2.43 bits per heavy atom. The third-order valence-corrected chi connectivity index (χ3v) is 3.94. The number of hydrogen-bond acceptors (Lipinski definition) is 4. The molecule has 3 rings (SSSR count). The van der Waals surface area contributed by atoms with Crippen LogP contribution in [0.5, 0.6) is 11.5 Å². The zero-order chi connectivity index (χ0) is 16.4. The molecular weight excluding hydrogens is 314 g/mol. The summed E-state index contributed by atoms with van der Waals surface area (Å²) in [6, 6.07) is 11.4. The van der Waals surface area contributed by atoms with Crippen LogP contribution in [0.25, 0.3) is 21.9 Å². The van der Waals surface area contributed by atoms with Gasteiger partial charge in [0.25, 0.3) is 0 Å². The Bertz CT molecular complexity index is 864. The molecule has 2 aromatic carbocycles. The van der Waals surface area contributed by atoms with E-state index in [1.165, 1.54) is 0 Å². The lowest BCUT2D eigenvalue weighted by Crippen LogP contribution is -1.93. The second-order valence-electron chi connectivity index (χ2n) is 5.10. The lowest BCUT2D eigenvalue weighted by atomic mass is 9.96. The Labute approximate surface area is 139 Å². The lowest BCUT2D eigenvalue weighted by Gasteiger charge is -2.14. The highest BCUT2D eigenvalue weighted by Crippen LogP contribution is 2.38. The van der Waals surface area contributed by atoms with Crippen molar-refractivity contribution in [2.75, 3.05) is 14.2 Å². The summed E-state index contributed by atoms with van der Waals surface area (Å²) in [5.74, 6) is 1.30. The van der Waals surface area contributed by atoms with Gasteiger partial charge in [0.2, 0.25) is 0 Å². The second-order valence-corrected chi connectivity index (χ2v) is 5.48. The Hall–Kier alpha value is -2.30. The first-order valence-corrected chi connectivity index (χ1v) is 7.45. The normalized spacial score (nSPS) is 10.8. The monoisotopic (exact) mass is 329 g/mol. The first kappa shape index (κ1) is 15.6. The molecule has 0 aliphatic rings. The number of ether oxygens (including phenoxy) is 2. The first-order valence-electron chi connectivity index (χ1n) is 7.07. The quantitative estimate of drug-likeness (QED) is 0.733. The molecule has 0 aliphatic carbocycles. The van der Waals surface area contributed by atoms with Crippen molar-refractivity contribution in [1.82, 2.24) is 4.98 Å². The van der Waals surface area contributed by atoms with Gasteiger partial charge in [-0.3, -0.25) is 0 Å². The summed E-state index contributed by atoms with van der Waals surface area (Å²) in [7, 11) is 3.21. The molecule has 0 saturated carbocycles. The van der Waals surface area contributed by atoms with E-state index < -0.39 is 0 Å². The summed E-state index contributed by atoms with van der Waals surface area (Å²) in [5.41, 5.74) is 2.70. The number of aliphatic hydroxyl groups is 1. The Balaban J connectivity index is 2.34. The Morgan fingerprint density at radius 2 is 1.78 bits per heavy atom. The molecule has 0 bridgehead atoms. The van der Waals surface area contributed by atoms with E-state index in [-0.39, 0.29) is 6.61 Å². The molecule has 1 aromatic heterocycles. The molecule has 0 amide bonds. The van der Waals surface area contributed by atoms with Crippen LogP contribution in [0, 0.1) is 0 Å². The van der Waals surface area contributed by atoms with E-state index in [0.29, 0.717) is 16.7 Å². The van der Waals surface area contributed by atoms with E-state index in [1.54, 1.807) is 26.5 Å². The zero-order valence-corrected chi connectivity index (χ0v) is 13.6. The molecule has 5 heteroatoms. The number of fused-ring (bicyclic) bond motifs is 1. The highest BCUT2D eigenvalue weighted by Gasteiger charge is 2.12. The van der Waals surface area contributed by atoms with Gasteiger partial charge in [-0.05, 0) is 63.9 Å². The fraction of sp³-hybridized carbons (Fsp3) is 0.167. The van der Waals surface area contributed by atoms with Crippen LogP contribution in [0.2, 0.25) is 5.15 Å². The smallest absolute Gasteiger partial charge is 0.161 e. The summed E-state index contributed by atoms with van der Waals surface area (Å²) in [6.07, 6.45) is 1.66. The summed E-state index contributed by atoms with van der Waals surface area (Å²) in [6.45, 7) is -0.0455. The zero-order valence-electron chi connectivity index (χ0n) is 12.8. The largest absolute Gasteiger partial charge is 0.493 e. The van der Waals surface area contributed by atoms with Gasteiger partial charge >= 0.3 is 0 Å². The minimum absolute atomic E-state index is 0.0455. The van der Waals surface area contributed by atoms with Crippen LogP contribution in [-0.2, 0) is 6.61 Å². The van der Waals surface area contributed by atoms with E-state index in [1.807, 2.05) is 30.3 Å². The number of benzene rings is 2. The van der Waals surface area contributed by atoms with Crippen LogP contribution in [0.4, 0.5) is 0 Å². The third-order valence-electron chi connectivity index (χ3n) is 3.74. The molecule has 0 aliphatic heterocycles. The van der Waals surface area contributed by atoms with Crippen molar-refractivity contribution in [3.63, 3.8) is 0 Å². The van der Waals surface area contributed by atoms with E-state index in [0.717, 1.165) is 27.5 Å². The predicted octanol–water partition coefficient (Wildman–Crippen LogP) is 4.06. The minimum Gasteiger partial charge on any atom is -0.493 e. The number of methoxy groups -OCH3 is 2. The van der Waals surface area contributed by atoms with Gasteiger partial charge in [0.05, 0.1) is 20.8 Å². The number of hydrogen-bond donors (Lipinski definition) is 1. The van der Waals surface area contributed by atoms with Crippen LogP contribution in [0.1, 0.15) is 5.56 Å². The van der Waals surface area contributed by atoms with Crippen molar-refractivity contribution < 1.29 is 14.6 Å². The molecule has 0 unspecified atom stereocenters. The van der Waals surface area contributed by atoms with Gasteiger partial charge < -0.3 is 14.6 Å². The highest BCUT2D eigenvalue weighted by molar-refractivity contribution is 6.29. The highest BCUT2D eigenvalue weighted by atomic mass is 35.5. The maximum Gasteiger partial charge on any atom is 0.161 e. The van der Waals surface area contributed by atoms with Gasteiger partial charge in [-0.2, -0.15) is 0 Å². The molecule has 23 heavy (non-hydrogen) atoms. The predicted molar refractivity (Wildman–Crippen MR) is 91.2 cm³/mol. The van der Waals surface area contributed by atoms with Crippen molar-refractivity contribution in [3.8, 4) is 22.6 Å². The molecule has 0 fully saturated rings. The van der Waals surface area contributed by atoms with Gasteiger partial charge in [-0.1, -0.05) is 11.6 Å². The van der Waals surface area contributed by atoms with Gasteiger partial charge in [0.15, 0.2) is 11.5 Å². The summed E-state index contributed by atoms with van der Waals surface area (Å²) >= 11 is 6.02. The van der Waals surface area contributed by atoms with E-state index in [9.17, 15) is 5.11 Å². The number of nitrogens with zero attached hydrogens (tertiary/aromatic N) is 1. The molecule has 0 radical (unpaired) electrons. The summed E-state index contributed by atoms with van der Waals surface area (Å²) < 4.78 is 10.8. The molecule has 0 spiro atoms. The van der Waals surface area contributed by atoms with Crippen molar-refractivity contribution in [1.29, 1.82) is 0 Å². The molecular formula is C18H16ClNO3. The average Bonchev–Trinajstić information content (AvgIpc) is 2.59. The minimum atomic E-state index is -0.0455. The van der Waals surface area contributed by atoms with Crippen LogP contribution >= 0.6 is 11.6 Å². The van der Waals surface area contributed by atoms with Crippen LogP contribution < -0.4 is 9.47 Å². The Morgan fingerprint density at radius 1 is 1.04 bits per heavy atom. The van der Waals surface area contributed by atoms with Crippen molar-refractivity contribution >= 4 is 22.4 Å². The van der Waals surface area contributed by atoms with Crippen LogP contribution in [0.15, 0.2) is 42.6 Å². The van der Waals surface area contributed by atoms with Crippen LogP contribution in [-0.4, -0.2) is 24.3 Å². The number of pyridine rings is 1. The molecule has 0 atom stereocenters. The van der Waals surface area contributed by atoms with E-state index in [2.05, 4.69) is 4.98 Å². The topological polar surface area (TPSA) is 51.6 Å². The van der Waals surface area contributed by atoms with Crippen molar-refractivity contribution in [2.45, 2.75) is 6.61 Å². The average molecular weight is 330 g/mol. The molecule has 3 aromatic rings. The fourth-order valence-corrected chi connectivity index (χ4v) is 2.83. The number of aromatic nitrogens is 1. The summed E-state index contributed by atoms with van der Waals surface area (Å²) in [5, 5.41) is 11.9. The molecule has 4 nitrogen and oxygen atoms in total. The fourth-order valence-electron chi connectivity index (χ4n) is 2.65. The third kappa shape index (κ3) is 2.96. The van der Waals surface area contributed by atoms with Gasteiger partial charge in [0.1, 0.15) is 5.15 Å². The Kier molecular flexibility index (Phi) is 4.37. The van der Waals surface area contributed by atoms with E-state index in [4.69, 9.17) is 21.1 Å². The van der Waals surface area contributed by atoms with E-state index >= 15 is 0 Å². The van der Waals surface area contributed by atoms with Gasteiger partial charge in [-0.15, -0.1) is 0 Å². The molecule has 118 valence electrons. The van der Waals surface area contributed by atoms with Crippen LogP contribution in [0.3, 0.4) is 0 Å². The van der Waals surface area contributed by atoms with Crippen molar-refractivity contribution in [2.24, 2.45) is 0 Å². The second kappa shape index (κ2) is 6.44. The standard InChI is InChI=1S/C18H16ClNO3/c1-22-16-7-13-5-11(10-21)6-14(15(13)9-17(16)23-2)12-3-4-20-18(19)8-12/h3-9,21H,10H2,1-2H3. The summed E-state index contributed by atoms with van der Waals surface area (Å²) in [4.78, 5) is 4.02. The molecule has 1 heterocycles. The maximum absolute atomic E-state index is 9.56. The first-order chi connectivity index (χ1) is 11.2. The maximum atomic E-state index is 9.56. The van der Waals surface area contributed by atoms with Gasteiger partial charge in [-0.25, -0.2) is 4.98 Å².